The van der Waals surface area contributed by atoms with Gasteiger partial charge in [0, 0.05) is 49.9 Å². The van der Waals surface area contributed by atoms with Gasteiger partial charge in [-0.3, -0.25) is 4.79 Å². The lowest BCUT2D eigenvalue weighted by Crippen LogP contribution is -2.26. The van der Waals surface area contributed by atoms with Crippen LogP contribution < -0.4 is 4.90 Å². The maximum absolute atomic E-state index is 13.4. The zero-order chi connectivity index (χ0) is 22.5. The quantitative estimate of drug-likeness (QED) is 0.437. The molecule has 0 spiro atoms. The molecule has 1 saturated carbocycles. The van der Waals surface area contributed by atoms with Gasteiger partial charge in [-0.25, -0.2) is 4.98 Å². The highest BCUT2D eigenvalue weighted by Crippen LogP contribution is 2.40. The summed E-state index contributed by atoms with van der Waals surface area (Å²) < 4.78 is 5.45. The van der Waals surface area contributed by atoms with Crippen LogP contribution in [-0.2, 0) is 13.0 Å². The molecular weight excluding hydrogens is 412 g/mol. The van der Waals surface area contributed by atoms with E-state index in [1.807, 2.05) is 43.6 Å². The van der Waals surface area contributed by atoms with E-state index in [-0.39, 0.29) is 5.91 Å². The number of benzene rings is 2. The third-order valence-corrected chi connectivity index (χ3v) is 6.79. The number of hydrogen-bond donors (Lipinski definition) is 0. The Morgan fingerprint density at radius 3 is 2.82 bits per heavy atom. The lowest BCUT2D eigenvalue weighted by molar-refractivity contribution is 0.0784. The standard InChI is InChI=1S/C27H26N4O2/c1-30-12-11-18-13-19(15-28-26(18)30)21-5-3-7-23-22(21)6-4-8-24(23)27(32)31(2)16-20-14-25(33-29-20)17-9-10-17/h3-8,13-15,17H,9-12,16H2,1-2H3. The Morgan fingerprint density at radius 2 is 1.97 bits per heavy atom. The maximum Gasteiger partial charge on any atom is 0.254 e. The Hall–Kier alpha value is -3.67. The van der Waals surface area contributed by atoms with Gasteiger partial charge >= 0.3 is 0 Å². The average molecular weight is 439 g/mol. The molecule has 2 aromatic heterocycles. The number of hydrogen-bond acceptors (Lipinski definition) is 5. The van der Waals surface area contributed by atoms with E-state index in [4.69, 9.17) is 9.51 Å². The van der Waals surface area contributed by atoms with Gasteiger partial charge in [0.15, 0.2) is 0 Å². The number of fused-ring (bicyclic) bond motifs is 2. The van der Waals surface area contributed by atoms with Crippen molar-refractivity contribution in [1.29, 1.82) is 0 Å². The summed E-state index contributed by atoms with van der Waals surface area (Å²) in [5.41, 5.74) is 4.94. The number of aromatic nitrogens is 2. The van der Waals surface area contributed by atoms with Crippen molar-refractivity contribution in [1.82, 2.24) is 15.0 Å². The van der Waals surface area contributed by atoms with E-state index in [0.717, 1.165) is 65.0 Å². The number of nitrogens with zero attached hydrogens (tertiary/aromatic N) is 4. The summed E-state index contributed by atoms with van der Waals surface area (Å²) in [5, 5.41) is 6.17. The highest BCUT2D eigenvalue weighted by molar-refractivity contribution is 6.10. The largest absolute Gasteiger partial charge is 0.361 e. The number of pyridine rings is 1. The first-order valence-corrected chi connectivity index (χ1v) is 11.5. The zero-order valence-electron chi connectivity index (χ0n) is 18.9. The number of rotatable bonds is 5. The van der Waals surface area contributed by atoms with Crippen molar-refractivity contribution in [3.05, 3.63) is 77.3 Å². The van der Waals surface area contributed by atoms with Crippen LogP contribution in [0.5, 0.6) is 0 Å². The van der Waals surface area contributed by atoms with Gasteiger partial charge in [-0.15, -0.1) is 0 Å². The summed E-state index contributed by atoms with van der Waals surface area (Å²) in [6.45, 7) is 1.42. The molecule has 1 aliphatic heterocycles. The third kappa shape index (κ3) is 3.55. The van der Waals surface area contributed by atoms with Crippen LogP contribution in [0, 0.1) is 0 Å². The normalized spacial score (nSPS) is 15.2. The number of carbonyl (C=O) groups excluding carboxylic acids is 1. The fraction of sp³-hybridized carbons (Fsp3) is 0.296. The monoisotopic (exact) mass is 438 g/mol. The van der Waals surface area contributed by atoms with Gasteiger partial charge in [0.05, 0.1) is 6.54 Å². The maximum atomic E-state index is 13.4. The fourth-order valence-corrected chi connectivity index (χ4v) is 4.80. The van der Waals surface area contributed by atoms with Crippen LogP contribution in [0.4, 0.5) is 5.82 Å². The van der Waals surface area contributed by atoms with Crippen LogP contribution >= 0.6 is 0 Å². The molecule has 0 N–H and O–H groups in total. The van der Waals surface area contributed by atoms with Gasteiger partial charge in [0.25, 0.3) is 5.91 Å². The van der Waals surface area contributed by atoms with E-state index >= 15 is 0 Å². The molecule has 1 fully saturated rings. The first kappa shape index (κ1) is 20.0. The van der Waals surface area contributed by atoms with Crippen molar-refractivity contribution in [2.24, 2.45) is 0 Å². The van der Waals surface area contributed by atoms with Crippen molar-refractivity contribution in [3.8, 4) is 11.1 Å². The number of carbonyl (C=O) groups is 1. The van der Waals surface area contributed by atoms with E-state index < -0.39 is 0 Å². The van der Waals surface area contributed by atoms with Crippen molar-refractivity contribution >= 4 is 22.5 Å². The Kier molecular flexibility index (Phi) is 4.68. The molecule has 0 atom stereocenters. The summed E-state index contributed by atoms with van der Waals surface area (Å²) >= 11 is 0. The highest BCUT2D eigenvalue weighted by Gasteiger charge is 2.28. The van der Waals surface area contributed by atoms with Gasteiger partial charge in [-0.2, -0.15) is 0 Å². The molecule has 1 amide bonds. The van der Waals surface area contributed by atoms with Crippen LogP contribution in [0.2, 0.25) is 0 Å². The van der Waals surface area contributed by atoms with Crippen LogP contribution in [0.1, 0.15) is 46.1 Å². The Balaban J connectivity index is 1.32. The van der Waals surface area contributed by atoms with Gasteiger partial charge in [0.1, 0.15) is 17.3 Å². The number of likely N-dealkylation sites (N-methyl/N-ethyl adjacent to an activating group) is 1. The SMILES string of the molecule is CN(Cc1cc(C2CC2)on1)C(=O)c1cccc2c(-c3cnc4c(c3)CCN4C)cccc12. The molecule has 6 nitrogen and oxygen atoms in total. The second-order valence-electron chi connectivity index (χ2n) is 9.24. The number of amides is 1. The minimum atomic E-state index is -0.0255. The van der Waals surface area contributed by atoms with E-state index in [1.165, 1.54) is 5.56 Å². The minimum absolute atomic E-state index is 0.0255. The lowest BCUT2D eigenvalue weighted by atomic mass is 9.95. The molecule has 2 aromatic carbocycles. The molecule has 0 saturated heterocycles. The first-order valence-electron chi connectivity index (χ1n) is 11.5. The molecule has 166 valence electrons. The summed E-state index contributed by atoms with van der Waals surface area (Å²) in [7, 11) is 3.90. The van der Waals surface area contributed by atoms with Crippen LogP contribution in [0.25, 0.3) is 21.9 Å². The topological polar surface area (TPSA) is 62.5 Å². The molecule has 0 bridgehead atoms. The molecule has 1 aliphatic carbocycles. The first-order chi connectivity index (χ1) is 16.1. The molecule has 0 radical (unpaired) electrons. The van der Waals surface area contributed by atoms with Crippen molar-refractivity contribution in [2.45, 2.75) is 31.7 Å². The second-order valence-corrected chi connectivity index (χ2v) is 9.24. The van der Waals surface area contributed by atoms with Crippen LogP contribution in [-0.4, -0.2) is 41.6 Å². The lowest BCUT2D eigenvalue weighted by Gasteiger charge is -2.18. The summed E-state index contributed by atoms with van der Waals surface area (Å²) in [4.78, 5) is 22.0. The molecular formula is C27H26N4O2. The Labute approximate surface area is 192 Å². The van der Waals surface area contributed by atoms with E-state index in [9.17, 15) is 4.79 Å². The summed E-state index contributed by atoms with van der Waals surface area (Å²) in [6.07, 6.45) is 5.28. The van der Waals surface area contributed by atoms with Gasteiger partial charge in [-0.1, -0.05) is 35.5 Å². The zero-order valence-corrected chi connectivity index (χ0v) is 18.9. The van der Waals surface area contributed by atoms with Crippen LogP contribution in [0.15, 0.2) is 59.3 Å². The minimum Gasteiger partial charge on any atom is -0.361 e. The van der Waals surface area contributed by atoms with Crippen molar-refractivity contribution in [2.75, 3.05) is 25.5 Å². The van der Waals surface area contributed by atoms with Gasteiger partial charge in [-0.05, 0) is 53.3 Å². The second kappa shape index (κ2) is 7.73. The predicted octanol–water partition coefficient (Wildman–Crippen LogP) is 5.03. The van der Waals surface area contributed by atoms with Gasteiger partial charge in [0.2, 0.25) is 0 Å². The molecule has 4 aromatic rings. The predicted molar refractivity (Wildman–Crippen MR) is 128 cm³/mol. The smallest absolute Gasteiger partial charge is 0.254 e. The Morgan fingerprint density at radius 1 is 1.15 bits per heavy atom. The fourth-order valence-electron chi connectivity index (χ4n) is 4.80. The summed E-state index contributed by atoms with van der Waals surface area (Å²) in [5.74, 6) is 2.49. The molecule has 33 heavy (non-hydrogen) atoms. The van der Waals surface area contributed by atoms with Crippen molar-refractivity contribution in [3.63, 3.8) is 0 Å². The van der Waals surface area contributed by atoms with Gasteiger partial charge < -0.3 is 14.3 Å². The third-order valence-electron chi connectivity index (χ3n) is 6.79. The molecule has 0 unspecified atom stereocenters. The van der Waals surface area contributed by atoms with E-state index in [2.05, 4.69) is 35.3 Å². The molecule has 2 aliphatic rings. The molecule has 6 rings (SSSR count). The summed E-state index contributed by atoms with van der Waals surface area (Å²) in [6, 6.07) is 16.3. The number of anilines is 1. The van der Waals surface area contributed by atoms with Crippen LogP contribution in [0.3, 0.4) is 0 Å². The molecule has 3 heterocycles. The molecule has 6 heteroatoms. The highest BCUT2D eigenvalue weighted by atomic mass is 16.5. The average Bonchev–Trinajstić information content (AvgIpc) is 3.48. The van der Waals surface area contributed by atoms with E-state index in [0.29, 0.717) is 18.0 Å². The van der Waals surface area contributed by atoms with E-state index in [1.54, 1.807) is 4.90 Å². The Bertz CT molecular complexity index is 1370. The van der Waals surface area contributed by atoms with Crippen molar-refractivity contribution < 1.29 is 9.32 Å².